The second-order valence-electron chi connectivity index (χ2n) is 3.37. The molecule has 1 aromatic carbocycles. The normalized spacial score (nSPS) is 19.3. The number of nitrogens with one attached hydrogen (secondary N) is 1. The predicted molar refractivity (Wildman–Crippen MR) is 59.6 cm³/mol. The maximum absolute atomic E-state index is 5.61. The first-order valence-electron chi connectivity index (χ1n) is 4.91. The average Bonchev–Trinajstić information content (AvgIpc) is 2.30. The van der Waals surface area contributed by atoms with Gasteiger partial charge in [0.15, 0.2) is 0 Å². The van der Waals surface area contributed by atoms with E-state index in [0.717, 1.165) is 11.3 Å². The van der Waals surface area contributed by atoms with Gasteiger partial charge in [0.2, 0.25) is 0 Å². The molecule has 0 saturated carbocycles. The van der Waals surface area contributed by atoms with Gasteiger partial charge in [-0.2, -0.15) is 0 Å². The molecule has 2 rings (SSSR count). The van der Waals surface area contributed by atoms with Crippen molar-refractivity contribution in [2.75, 3.05) is 0 Å². The Balaban J connectivity index is 1.87. The summed E-state index contributed by atoms with van der Waals surface area (Å²) in [5, 5.41) is 2.97. The van der Waals surface area contributed by atoms with Crippen LogP contribution >= 0.6 is 0 Å². The van der Waals surface area contributed by atoms with Crippen molar-refractivity contribution in [3.63, 3.8) is 0 Å². The molecular weight excluding hydrogens is 188 g/mol. The molecule has 3 heteroatoms. The zero-order valence-electron chi connectivity index (χ0n) is 8.39. The maximum Gasteiger partial charge on any atom is 0.135 e. The minimum Gasteiger partial charge on any atom is -0.487 e. The molecule has 1 aliphatic rings. The van der Waals surface area contributed by atoms with Crippen LogP contribution in [0.4, 0.5) is 0 Å². The molecular formula is C12H14N2O. The van der Waals surface area contributed by atoms with Gasteiger partial charge in [0.05, 0.1) is 6.17 Å². The van der Waals surface area contributed by atoms with E-state index in [1.54, 1.807) is 6.20 Å². The molecule has 15 heavy (non-hydrogen) atoms. The largest absolute Gasteiger partial charge is 0.487 e. The van der Waals surface area contributed by atoms with Crippen LogP contribution in [0.3, 0.4) is 0 Å². The molecule has 0 aliphatic carbocycles. The molecule has 0 amide bonds. The monoisotopic (exact) mass is 202 g/mol. The third-order valence-corrected chi connectivity index (χ3v) is 2.13. The number of nitrogens with two attached hydrogens (primary N) is 1. The van der Waals surface area contributed by atoms with Crippen molar-refractivity contribution in [1.29, 1.82) is 0 Å². The molecule has 1 heterocycles. The Morgan fingerprint density at radius 2 is 2.07 bits per heavy atom. The van der Waals surface area contributed by atoms with E-state index >= 15 is 0 Å². The van der Waals surface area contributed by atoms with Crippen LogP contribution in [0.15, 0.2) is 54.4 Å². The summed E-state index contributed by atoms with van der Waals surface area (Å²) >= 11 is 0. The molecule has 0 radical (unpaired) electrons. The van der Waals surface area contributed by atoms with Crippen LogP contribution in [0, 0.1) is 0 Å². The maximum atomic E-state index is 5.61. The zero-order valence-corrected chi connectivity index (χ0v) is 8.39. The van der Waals surface area contributed by atoms with Crippen LogP contribution in [0.2, 0.25) is 0 Å². The summed E-state index contributed by atoms with van der Waals surface area (Å²) in [6, 6.07) is 10.1. The second-order valence-corrected chi connectivity index (χ2v) is 3.37. The summed E-state index contributed by atoms with van der Waals surface area (Å²) in [6.45, 7) is 0.577. The smallest absolute Gasteiger partial charge is 0.135 e. The first kappa shape index (κ1) is 9.80. The minimum atomic E-state index is -0.103. The number of rotatable bonds is 3. The number of ether oxygens (including phenoxy) is 1. The zero-order chi connectivity index (χ0) is 10.5. The van der Waals surface area contributed by atoms with Gasteiger partial charge in [0.1, 0.15) is 12.4 Å². The highest BCUT2D eigenvalue weighted by atomic mass is 16.5. The highest BCUT2D eigenvalue weighted by molar-refractivity contribution is 5.19. The van der Waals surface area contributed by atoms with Crippen LogP contribution in [-0.4, -0.2) is 6.17 Å². The number of hydrogen-bond donors (Lipinski definition) is 2. The molecule has 0 spiro atoms. The Bertz CT molecular complexity index is 370. The number of allylic oxidation sites excluding steroid dienone is 1. The molecule has 1 aromatic rings. The lowest BCUT2D eigenvalue weighted by Gasteiger charge is -2.15. The standard InChI is InChI=1S/C12H14N2O/c13-12-7-6-11(8-14-12)15-9-10-4-2-1-3-5-10/h1-8,12,14H,9,13H2. The van der Waals surface area contributed by atoms with Crippen LogP contribution in [-0.2, 0) is 11.3 Å². The van der Waals surface area contributed by atoms with Gasteiger partial charge < -0.3 is 15.8 Å². The fourth-order valence-electron chi connectivity index (χ4n) is 1.31. The molecule has 78 valence electrons. The van der Waals surface area contributed by atoms with E-state index < -0.39 is 0 Å². The minimum absolute atomic E-state index is 0.103. The van der Waals surface area contributed by atoms with Gasteiger partial charge in [-0.3, -0.25) is 0 Å². The molecule has 1 unspecified atom stereocenters. The molecule has 1 atom stereocenters. The molecule has 0 fully saturated rings. The molecule has 0 saturated heterocycles. The van der Waals surface area contributed by atoms with Gasteiger partial charge in [-0.05, 0) is 17.7 Å². The van der Waals surface area contributed by atoms with E-state index in [9.17, 15) is 0 Å². The van der Waals surface area contributed by atoms with E-state index in [2.05, 4.69) is 5.32 Å². The van der Waals surface area contributed by atoms with Crippen molar-refractivity contribution in [3.05, 3.63) is 60.0 Å². The summed E-state index contributed by atoms with van der Waals surface area (Å²) in [4.78, 5) is 0. The van der Waals surface area contributed by atoms with E-state index in [0.29, 0.717) is 6.61 Å². The van der Waals surface area contributed by atoms with E-state index in [1.807, 2.05) is 42.5 Å². The molecule has 3 N–H and O–H groups in total. The van der Waals surface area contributed by atoms with Gasteiger partial charge in [0, 0.05) is 6.20 Å². The van der Waals surface area contributed by atoms with Crippen LogP contribution in [0.5, 0.6) is 0 Å². The Kier molecular flexibility index (Phi) is 3.05. The number of benzene rings is 1. The van der Waals surface area contributed by atoms with Gasteiger partial charge in [0.25, 0.3) is 0 Å². The summed E-state index contributed by atoms with van der Waals surface area (Å²) in [5.41, 5.74) is 6.76. The Morgan fingerprint density at radius 3 is 2.73 bits per heavy atom. The number of hydrogen-bond acceptors (Lipinski definition) is 3. The fourth-order valence-corrected chi connectivity index (χ4v) is 1.31. The second kappa shape index (κ2) is 4.66. The summed E-state index contributed by atoms with van der Waals surface area (Å²) in [6.07, 6.45) is 5.42. The summed E-state index contributed by atoms with van der Waals surface area (Å²) < 4.78 is 5.57. The number of dihydropyridines is 1. The van der Waals surface area contributed by atoms with Crippen molar-refractivity contribution in [2.24, 2.45) is 5.73 Å². The Hall–Kier alpha value is -1.74. The van der Waals surface area contributed by atoms with Crippen molar-refractivity contribution in [3.8, 4) is 0 Å². The van der Waals surface area contributed by atoms with Gasteiger partial charge in [-0.15, -0.1) is 0 Å². The van der Waals surface area contributed by atoms with Gasteiger partial charge >= 0.3 is 0 Å². The van der Waals surface area contributed by atoms with Gasteiger partial charge in [-0.1, -0.05) is 30.3 Å². The lowest BCUT2D eigenvalue weighted by Crippen LogP contribution is -2.33. The SMILES string of the molecule is NC1C=CC(OCc2ccccc2)=CN1. The highest BCUT2D eigenvalue weighted by Gasteiger charge is 2.02. The van der Waals surface area contributed by atoms with Crippen LogP contribution in [0.25, 0.3) is 0 Å². The van der Waals surface area contributed by atoms with E-state index in [4.69, 9.17) is 10.5 Å². The van der Waals surface area contributed by atoms with Crippen molar-refractivity contribution in [1.82, 2.24) is 5.32 Å². The average molecular weight is 202 g/mol. The fraction of sp³-hybridized carbons (Fsp3) is 0.167. The Morgan fingerprint density at radius 1 is 1.27 bits per heavy atom. The molecule has 0 aromatic heterocycles. The first-order valence-corrected chi connectivity index (χ1v) is 4.91. The van der Waals surface area contributed by atoms with Crippen molar-refractivity contribution >= 4 is 0 Å². The molecule has 0 bridgehead atoms. The third kappa shape index (κ3) is 2.86. The van der Waals surface area contributed by atoms with Crippen molar-refractivity contribution < 1.29 is 4.74 Å². The Labute approximate surface area is 89.2 Å². The molecule has 3 nitrogen and oxygen atoms in total. The van der Waals surface area contributed by atoms with Gasteiger partial charge in [-0.25, -0.2) is 0 Å². The summed E-state index contributed by atoms with van der Waals surface area (Å²) in [5.74, 6) is 0.806. The summed E-state index contributed by atoms with van der Waals surface area (Å²) in [7, 11) is 0. The lowest BCUT2D eigenvalue weighted by molar-refractivity contribution is 0.207. The highest BCUT2D eigenvalue weighted by Crippen LogP contribution is 2.08. The lowest BCUT2D eigenvalue weighted by atomic mass is 10.2. The quantitative estimate of drug-likeness (QED) is 0.780. The van der Waals surface area contributed by atoms with E-state index in [1.165, 1.54) is 0 Å². The molecule has 1 aliphatic heterocycles. The topological polar surface area (TPSA) is 47.3 Å². The third-order valence-electron chi connectivity index (χ3n) is 2.13. The van der Waals surface area contributed by atoms with E-state index in [-0.39, 0.29) is 6.17 Å². The first-order chi connectivity index (χ1) is 7.34. The van der Waals surface area contributed by atoms with Crippen LogP contribution < -0.4 is 11.1 Å². The predicted octanol–water partition coefficient (Wildman–Crippen LogP) is 1.49. The van der Waals surface area contributed by atoms with Crippen molar-refractivity contribution in [2.45, 2.75) is 12.8 Å². The van der Waals surface area contributed by atoms with Crippen LogP contribution in [0.1, 0.15) is 5.56 Å².